The van der Waals surface area contributed by atoms with Crippen molar-refractivity contribution < 1.29 is 77.2 Å². The molecule has 376 valence electrons. The van der Waals surface area contributed by atoms with E-state index in [0.29, 0.717) is 25.1 Å². The minimum atomic E-state index is -5.11. The molecule has 0 saturated carbocycles. The van der Waals surface area contributed by atoms with Gasteiger partial charge in [0.15, 0.2) is 11.6 Å². The standard InChI is InChI=1S/C40H69N8O16PS/c1-24(2)15-31(45-40(58)33-5-4-9-48(33)36(54)7-11-62-13-14-63-12-8-44-39(57)30(41)22-66)34(52)17-26(16-27-19-43-23-47(27)10-6-28(51)20-49)38(56)46-32(21-50)35(53)18-29(37(42)55)25(3)64-65(59,60)61/h19,23-26,28-33,49-51,66H,4-18,20-22,41H2,1-3H3,(H2,42,55)(H,44,57)(H,45,58)(H,46,56)(H2,59,60,61)/t25-,26-,28+,29+,30+,31+,32+,33+/m1/s1. The Hall–Kier alpha value is -3.88. The average Bonchev–Trinajstić information content (AvgIpc) is 3.94. The smallest absolute Gasteiger partial charge is 0.394 e. The van der Waals surface area contributed by atoms with E-state index in [4.69, 9.17) is 20.9 Å². The van der Waals surface area contributed by atoms with Crippen molar-refractivity contribution in [3.8, 4) is 0 Å². The van der Waals surface area contributed by atoms with Crippen LogP contribution in [0.25, 0.3) is 0 Å². The summed E-state index contributed by atoms with van der Waals surface area (Å²) in [5, 5.41) is 37.3. The monoisotopic (exact) mass is 980 g/mol. The largest absolute Gasteiger partial charge is 0.469 e. The van der Waals surface area contributed by atoms with E-state index in [1.54, 1.807) is 4.57 Å². The van der Waals surface area contributed by atoms with E-state index in [0.717, 1.165) is 6.92 Å². The third-order valence-corrected chi connectivity index (χ3v) is 11.7. The quantitative estimate of drug-likeness (QED) is 0.0187. The van der Waals surface area contributed by atoms with Gasteiger partial charge in [-0.25, -0.2) is 9.55 Å². The van der Waals surface area contributed by atoms with E-state index >= 15 is 0 Å². The van der Waals surface area contributed by atoms with E-state index < -0.39 is 111 Å². The highest BCUT2D eigenvalue weighted by Gasteiger charge is 2.38. The number of Topliss-reactive ketones (excluding diaryl/α,β-unsaturated/α-hetero) is 2. The number of hydrogen-bond acceptors (Lipinski definition) is 17. The van der Waals surface area contributed by atoms with Crippen molar-refractivity contribution in [1.82, 2.24) is 30.4 Å². The van der Waals surface area contributed by atoms with Gasteiger partial charge in [-0.2, -0.15) is 12.6 Å². The summed E-state index contributed by atoms with van der Waals surface area (Å²) in [6.45, 7) is 4.68. The molecular weight excluding hydrogens is 912 g/mol. The van der Waals surface area contributed by atoms with Crippen LogP contribution >= 0.6 is 20.5 Å². The molecule has 8 atom stereocenters. The number of likely N-dealkylation sites (tertiary alicyclic amines) is 1. The zero-order valence-electron chi connectivity index (χ0n) is 37.7. The molecule has 0 bridgehead atoms. The molecule has 12 N–H and O–H groups in total. The Labute approximate surface area is 389 Å². The van der Waals surface area contributed by atoms with Gasteiger partial charge in [0.1, 0.15) is 12.1 Å². The number of aromatic nitrogens is 2. The van der Waals surface area contributed by atoms with Gasteiger partial charge in [0.25, 0.3) is 0 Å². The lowest BCUT2D eigenvalue weighted by molar-refractivity contribution is -0.140. The number of nitrogens with two attached hydrogens (primary N) is 2. The average molecular weight is 981 g/mol. The van der Waals surface area contributed by atoms with Crippen LogP contribution < -0.4 is 27.4 Å². The van der Waals surface area contributed by atoms with E-state index in [2.05, 4.69) is 38.1 Å². The number of phosphoric ester groups is 1. The predicted molar refractivity (Wildman–Crippen MR) is 238 cm³/mol. The first-order valence-electron chi connectivity index (χ1n) is 21.8. The van der Waals surface area contributed by atoms with Gasteiger partial charge >= 0.3 is 7.82 Å². The normalized spacial score (nSPS) is 17.3. The van der Waals surface area contributed by atoms with Crippen LogP contribution in [0.2, 0.25) is 0 Å². The number of ether oxygens (including phenoxy) is 2. The molecule has 24 nitrogen and oxygen atoms in total. The third kappa shape index (κ3) is 21.0. The molecule has 0 aliphatic carbocycles. The van der Waals surface area contributed by atoms with Crippen molar-refractivity contribution in [2.45, 2.75) is 115 Å². The molecule has 0 unspecified atom stereocenters. The Kier molecular flexibility index (Phi) is 26.3. The molecule has 1 aliphatic rings. The number of aryl methyl sites for hydroxylation is 1. The molecule has 66 heavy (non-hydrogen) atoms. The number of amides is 5. The molecule has 26 heteroatoms. The highest BCUT2D eigenvalue weighted by atomic mass is 32.1. The fourth-order valence-corrected chi connectivity index (χ4v) is 7.84. The lowest BCUT2D eigenvalue weighted by Gasteiger charge is -2.28. The molecule has 2 heterocycles. The maximum Gasteiger partial charge on any atom is 0.469 e. The van der Waals surface area contributed by atoms with Crippen LogP contribution in [-0.4, -0.2) is 176 Å². The lowest BCUT2D eigenvalue weighted by atomic mass is 9.89. The number of nitrogens with zero attached hydrogens (tertiary/aromatic N) is 3. The third-order valence-electron chi connectivity index (χ3n) is 10.7. The second-order valence-corrected chi connectivity index (χ2v) is 18.0. The zero-order chi connectivity index (χ0) is 49.6. The minimum absolute atomic E-state index is 0.0249. The number of hydrogen-bond donors (Lipinski definition) is 11. The Bertz CT molecular complexity index is 1790. The Balaban J connectivity index is 2.20. The van der Waals surface area contributed by atoms with Crippen LogP contribution in [0.5, 0.6) is 0 Å². The molecule has 1 saturated heterocycles. The number of imidazole rings is 1. The number of phosphoric acid groups is 1. The summed E-state index contributed by atoms with van der Waals surface area (Å²) >= 11 is 3.98. The second-order valence-electron chi connectivity index (χ2n) is 16.5. The number of aliphatic hydroxyl groups excluding tert-OH is 3. The van der Waals surface area contributed by atoms with E-state index in [1.165, 1.54) is 17.4 Å². The molecule has 0 radical (unpaired) electrons. The van der Waals surface area contributed by atoms with Gasteiger partial charge in [0.05, 0.1) is 88.5 Å². The Morgan fingerprint density at radius 1 is 0.955 bits per heavy atom. The zero-order valence-corrected chi connectivity index (χ0v) is 39.5. The summed E-state index contributed by atoms with van der Waals surface area (Å²) in [5.41, 5.74) is 11.4. The van der Waals surface area contributed by atoms with Gasteiger partial charge in [-0.1, -0.05) is 13.8 Å². The van der Waals surface area contributed by atoms with Crippen molar-refractivity contribution >= 4 is 61.6 Å². The number of rotatable bonds is 34. The van der Waals surface area contributed by atoms with Crippen molar-refractivity contribution in [2.24, 2.45) is 29.2 Å². The lowest BCUT2D eigenvalue weighted by Crippen LogP contribution is -2.52. The summed E-state index contributed by atoms with van der Waals surface area (Å²) in [4.78, 5) is 117. The number of thiol groups is 1. The van der Waals surface area contributed by atoms with Crippen molar-refractivity contribution in [3.05, 3.63) is 18.2 Å². The van der Waals surface area contributed by atoms with Crippen LogP contribution in [0.3, 0.4) is 0 Å². The molecule has 2 rings (SSSR count). The van der Waals surface area contributed by atoms with Crippen molar-refractivity contribution in [1.29, 1.82) is 0 Å². The molecule has 1 aliphatic heterocycles. The molecule has 1 fully saturated rings. The van der Waals surface area contributed by atoms with Crippen molar-refractivity contribution in [3.63, 3.8) is 0 Å². The van der Waals surface area contributed by atoms with Gasteiger partial charge < -0.3 is 71.5 Å². The summed E-state index contributed by atoms with van der Waals surface area (Å²) < 4.78 is 28.5. The maximum absolute atomic E-state index is 14.2. The fraction of sp³-hybridized carbons (Fsp3) is 0.750. The van der Waals surface area contributed by atoms with Crippen LogP contribution in [0.1, 0.15) is 71.4 Å². The Morgan fingerprint density at radius 3 is 2.23 bits per heavy atom. The van der Waals surface area contributed by atoms with Gasteiger partial charge in [-0.15, -0.1) is 0 Å². The number of carbonyl (C=O) groups excluding carboxylic acids is 7. The van der Waals surface area contributed by atoms with E-state index in [1.807, 2.05) is 13.8 Å². The topological polar surface area (TPSA) is 375 Å². The molecule has 0 spiro atoms. The van der Waals surface area contributed by atoms with Crippen molar-refractivity contribution in [2.75, 3.05) is 58.5 Å². The highest BCUT2D eigenvalue weighted by molar-refractivity contribution is 7.80. The molecule has 1 aromatic heterocycles. The SMILES string of the molecule is CC(C)C[C@H](NC(=O)[C@@H]1CCCN1C(=O)CCOCCOCCNC(=O)[C@@H](N)CS)C(=O)C[C@@H](Cc1cncn1CC[C@H](O)CO)C(=O)N[C@@H](CO)C(=O)C[C@H](C(N)=O)[C@@H](C)OP(=O)(O)O. The number of ketones is 2. The Morgan fingerprint density at radius 2 is 1.62 bits per heavy atom. The first kappa shape index (κ1) is 58.2. The van der Waals surface area contributed by atoms with Gasteiger partial charge in [-0.3, -0.25) is 38.1 Å². The predicted octanol–water partition coefficient (Wildman–Crippen LogP) is -2.90. The molecular formula is C40H69N8O16PS. The van der Waals surface area contributed by atoms with Crippen LogP contribution in [0.4, 0.5) is 0 Å². The number of primary amides is 1. The summed E-state index contributed by atoms with van der Waals surface area (Å²) in [6.07, 6.45) is -0.0680. The number of nitrogens with one attached hydrogen (secondary N) is 3. The van der Waals surface area contributed by atoms with Crippen LogP contribution in [0, 0.1) is 17.8 Å². The highest BCUT2D eigenvalue weighted by Crippen LogP contribution is 2.39. The van der Waals surface area contributed by atoms with Crippen LogP contribution in [-0.2, 0) is 65.1 Å². The maximum atomic E-state index is 14.2. The first-order chi connectivity index (χ1) is 31.1. The number of carbonyl (C=O) groups is 7. The van der Waals surface area contributed by atoms with E-state index in [-0.39, 0.29) is 88.7 Å². The second kappa shape index (κ2) is 29.8. The van der Waals surface area contributed by atoms with Gasteiger partial charge in [0, 0.05) is 56.5 Å². The summed E-state index contributed by atoms with van der Waals surface area (Å²) in [6, 6.07) is -4.37. The first-order valence-corrected chi connectivity index (χ1v) is 24.0. The van der Waals surface area contributed by atoms with E-state index in [9.17, 15) is 63.2 Å². The summed E-state index contributed by atoms with van der Waals surface area (Å²) in [5.74, 6) is -7.50. The molecule has 1 aromatic rings. The fourth-order valence-electron chi connectivity index (χ4n) is 7.09. The molecule has 0 aromatic carbocycles. The number of aliphatic hydroxyl groups is 3. The van der Waals surface area contributed by atoms with Crippen LogP contribution in [0.15, 0.2) is 12.5 Å². The van der Waals surface area contributed by atoms with Gasteiger partial charge in [0.2, 0.25) is 29.5 Å². The minimum Gasteiger partial charge on any atom is -0.394 e. The molecule has 5 amide bonds. The van der Waals surface area contributed by atoms with Gasteiger partial charge in [-0.05, 0) is 38.5 Å². The summed E-state index contributed by atoms with van der Waals surface area (Å²) in [7, 11) is -5.11.